The molecule has 1 atom stereocenters. The summed E-state index contributed by atoms with van der Waals surface area (Å²) in [5, 5.41) is 6.52. The maximum Gasteiger partial charge on any atom is 0.248 e. The maximum atomic E-state index is 12.6. The second-order valence-electron chi connectivity index (χ2n) is 7.11. The number of unbranched alkanes of at least 4 members (excludes halogenated alkanes) is 1. The van der Waals surface area contributed by atoms with Gasteiger partial charge in [-0.15, -0.1) is 0 Å². The molecule has 3 rings (SSSR count). The SMILES string of the molecule is COc1ccc(CCCCC(=O)N2CCC[C@H]2C(=O)Nc2cc(C)on2)cc1. The number of carbonyl (C=O) groups excluding carboxylic acids is 2. The van der Waals surface area contributed by atoms with Crippen LogP contribution in [0.4, 0.5) is 5.82 Å². The summed E-state index contributed by atoms with van der Waals surface area (Å²) in [6.07, 6.45) is 4.64. The minimum absolute atomic E-state index is 0.0451. The molecule has 1 saturated heterocycles. The third-order valence-corrected chi connectivity index (χ3v) is 5.02. The lowest BCUT2D eigenvalue weighted by atomic mass is 10.1. The van der Waals surface area contributed by atoms with Crippen molar-refractivity contribution in [1.82, 2.24) is 10.1 Å². The number of nitrogens with zero attached hydrogens (tertiary/aromatic N) is 2. The number of carbonyl (C=O) groups is 2. The van der Waals surface area contributed by atoms with Crippen LogP contribution in [0.2, 0.25) is 0 Å². The Bertz CT molecular complexity index is 800. The van der Waals surface area contributed by atoms with Gasteiger partial charge >= 0.3 is 0 Å². The Balaban J connectivity index is 1.44. The summed E-state index contributed by atoms with van der Waals surface area (Å²) in [6, 6.07) is 9.23. The number of aromatic nitrogens is 1. The average Bonchev–Trinajstić information content (AvgIpc) is 3.34. The molecular formula is C21H27N3O4. The molecule has 28 heavy (non-hydrogen) atoms. The van der Waals surface area contributed by atoms with Crippen molar-refractivity contribution in [3.8, 4) is 5.75 Å². The van der Waals surface area contributed by atoms with Crippen molar-refractivity contribution in [3.05, 3.63) is 41.7 Å². The van der Waals surface area contributed by atoms with Crippen LogP contribution >= 0.6 is 0 Å². The highest BCUT2D eigenvalue weighted by Crippen LogP contribution is 2.21. The lowest BCUT2D eigenvalue weighted by molar-refractivity contribution is -0.136. The maximum absolute atomic E-state index is 12.6. The quantitative estimate of drug-likeness (QED) is 0.705. The minimum Gasteiger partial charge on any atom is -0.497 e. The number of nitrogens with one attached hydrogen (secondary N) is 1. The van der Waals surface area contributed by atoms with Crippen molar-refractivity contribution in [2.24, 2.45) is 0 Å². The number of benzene rings is 1. The second kappa shape index (κ2) is 9.39. The van der Waals surface area contributed by atoms with E-state index >= 15 is 0 Å². The van der Waals surface area contributed by atoms with Crippen LogP contribution < -0.4 is 10.1 Å². The van der Waals surface area contributed by atoms with Gasteiger partial charge in [-0.05, 0) is 56.7 Å². The van der Waals surface area contributed by atoms with Gasteiger partial charge in [0, 0.05) is 19.0 Å². The van der Waals surface area contributed by atoms with Crippen LogP contribution in [0.3, 0.4) is 0 Å². The summed E-state index contributed by atoms with van der Waals surface area (Å²) in [6.45, 7) is 2.40. The Morgan fingerprint density at radius 3 is 2.75 bits per heavy atom. The predicted molar refractivity (Wildman–Crippen MR) is 105 cm³/mol. The van der Waals surface area contributed by atoms with Crippen LogP contribution in [0.15, 0.2) is 34.9 Å². The highest BCUT2D eigenvalue weighted by Gasteiger charge is 2.33. The standard InChI is InChI=1S/C21H27N3O4/c1-15-14-19(23-28-15)22-21(26)18-7-5-13-24(18)20(25)8-4-3-6-16-9-11-17(27-2)12-10-16/h9-12,14,18H,3-8,13H2,1-2H3,(H,22,23,26)/t18-/m0/s1. The van der Waals surface area contributed by atoms with Crippen LogP contribution in [-0.4, -0.2) is 41.6 Å². The summed E-state index contributed by atoms with van der Waals surface area (Å²) < 4.78 is 10.1. The van der Waals surface area contributed by atoms with Crippen molar-refractivity contribution >= 4 is 17.6 Å². The third kappa shape index (κ3) is 5.12. The first kappa shape index (κ1) is 19.9. The molecule has 150 valence electrons. The number of likely N-dealkylation sites (tertiary alicyclic amines) is 1. The Morgan fingerprint density at radius 2 is 2.07 bits per heavy atom. The lowest BCUT2D eigenvalue weighted by Crippen LogP contribution is -2.43. The van der Waals surface area contributed by atoms with E-state index in [1.807, 2.05) is 24.3 Å². The van der Waals surface area contributed by atoms with E-state index < -0.39 is 6.04 Å². The van der Waals surface area contributed by atoms with Crippen molar-refractivity contribution < 1.29 is 18.8 Å². The number of aryl methyl sites for hydroxylation is 2. The van der Waals surface area contributed by atoms with Crippen LogP contribution in [0, 0.1) is 6.92 Å². The molecule has 0 spiro atoms. The summed E-state index contributed by atoms with van der Waals surface area (Å²) in [7, 11) is 1.65. The fraction of sp³-hybridized carbons (Fsp3) is 0.476. The van der Waals surface area contributed by atoms with Crippen LogP contribution in [0.25, 0.3) is 0 Å². The van der Waals surface area contributed by atoms with Crippen molar-refractivity contribution in [3.63, 3.8) is 0 Å². The number of rotatable bonds is 8. The van der Waals surface area contributed by atoms with Gasteiger partial charge in [-0.25, -0.2) is 0 Å². The molecule has 1 aliphatic heterocycles. The minimum atomic E-state index is -0.425. The number of anilines is 1. The van der Waals surface area contributed by atoms with Gasteiger partial charge in [0.25, 0.3) is 0 Å². The highest BCUT2D eigenvalue weighted by atomic mass is 16.5. The topological polar surface area (TPSA) is 84.7 Å². The third-order valence-electron chi connectivity index (χ3n) is 5.02. The molecule has 0 radical (unpaired) electrons. The zero-order chi connectivity index (χ0) is 19.9. The van der Waals surface area contributed by atoms with E-state index in [1.54, 1.807) is 25.0 Å². The zero-order valence-corrected chi connectivity index (χ0v) is 16.4. The fourth-order valence-electron chi connectivity index (χ4n) is 3.51. The molecule has 2 aromatic rings. The normalized spacial score (nSPS) is 16.2. The van der Waals surface area contributed by atoms with Gasteiger partial charge in [0.1, 0.15) is 17.6 Å². The molecule has 7 nitrogen and oxygen atoms in total. The van der Waals surface area contributed by atoms with Crippen LogP contribution in [0.1, 0.15) is 43.4 Å². The molecule has 1 aromatic carbocycles. The van der Waals surface area contributed by atoms with Gasteiger partial charge in [0.2, 0.25) is 11.8 Å². The number of methoxy groups -OCH3 is 1. The Labute approximate surface area is 165 Å². The first-order valence-corrected chi connectivity index (χ1v) is 9.73. The molecule has 0 bridgehead atoms. The van der Waals surface area contributed by atoms with Crippen LogP contribution in [0.5, 0.6) is 5.75 Å². The molecule has 1 N–H and O–H groups in total. The number of hydrogen-bond acceptors (Lipinski definition) is 5. The molecule has 0 unspecified atom stereocenters. The summed E-state index contributed by atoms with van der Waals surface area (Å²) in [4.78, 5) is 26.8. The largest absolute Gasteiger partial charge is 0.497 e. The highest BCUT2D eigenvalue weighted by molar-refractivity contribution is 5.96. The summed E-state index contributed by atoms with van der Waals surface area (Å²) >= 11 is 0. The van der Waals surface area contributed by atoms with Crippen molar-refractivity contribution in [1.29, 1.82) is 0 Å². The molecular weight excluding hydrogens is 358 g/mol. The second-order valence-corrected chi connectivity index (χ2v) is 7.11. The van der Waals surface area contributed by atoms with Gasteiger partial charge in [-0.3, -0.25) is 9.59 Å². The van der Waals surface area contributed by atoms with Gasteiger partial charge in [0.15, 0.2) is 5.82 Å². The smallest absolute Gasteiger partial charge is 0.248 e. The van der Waals surface area contributed by atoms with Crippen molar-refractivity contribution in [2.75, 3.05) is 19.0 Å². The van der Waals surface area contributed by atoms with Gasteiger partial charge in [0.05, 0.1) is 7.11 Å². The van der Waals surface area contributed by atoms with Gasteiger partial charge in [-0.1, -0.05) is 17.3 Å². The lowest BCUT2D eigenvalue weighted by Gasteiger charge is -2.23. The Morgan fingerprint density at radius 1 is 1.29 bits per heavy atom. The Hall–Kier alpha value is -2.83. The first-order chi connectivity index (χ1) is 13.6. The van der Waals surface area contributed by atoms with E-state index in [2.05, 4.69) is 10.5 Å². The van der Waals surface area contributed by atoms with E-state index in [4.69, 9.17) is 9.26 Å². The molecule has 1 aliphatic rings. The molecule has 2 amide bonds. The van der Waals surface area contributed by atoms with E-state index in [1.165, 1.54) is 5.56 Å². The number of hydrogen-bond donors (Lipinski definition) is 1. The van der Waals surface area contributed by atoms with Crippen LogP contribution in [-0.2, 0) is 16.0 Å². The number of amides is 2. The van der Waals surface area contributed by atoms with Crippen molar-refractivity contribution in [2.45, 2.75) is 51.5 Å². The summed E-state index contributed by atoms with van der Waals surface area (Å²) in [5.41, 5.74) is 1.23. The average molecular weight is 385 g/mol. The van der Waals surface area contributed by atoms with E-state index in [9.17, 15) is 9.59 Å². The first-order valence-electron chi connectivity index (χ1n) is 9.73. The van der Waals surface area contributed by atoms with E-state index in [0.29, 0.717) is 31.0 Å². The molecule has 2 heterocycles. The monoisotopic (exact) mass is 385 g/mol. The summed E-state index contributed by atoms with van der Waals surface area (Å²) in [5.74, 6) is 1.71. The van der Waals surface area contributed by atoms with E-state index in [0.717, 1.165) is 31.4 Å². The van der Waals surface area contributed by atoms with Gasteiger partial charge in [-0.2, -0.15) is 0 Å². The molecule has 1 fully saturated rings. The molecule has 0 aliphatic carbocycles. The zero-order valence-electron chi connectivity index (χ0n) is 16.4. The molecule has 0 saturated carbocycles. The number of ether oxygens (including phenoxy) is 1. The molecule has 7 heteroatoms. The van der Waals surface area contributed by atoms with E-state index in [-0.39, 0.29) is 11.8 Å². The van der Waals surface area contributed by atoms with Gasteiger partial charge < -0.3 is 19.5 Å². The fourth-order valence-corrected chi connectivity index (χ4v) is 3.51. The predicted octanol–water partition coefficient (Wildman–Crippen LogP) is 3.33. The Kier molecular flexibility index (Phi) is 6.68. The molecule has 1 aromatic heterocycles.